The van der Waals surface area contributed by atoms with Gasteiger partial charge in [0.05, 0.1) is 10.7 Å². The fraction of sp³-hybridized carbons (Fsp3) is 0.261. The maximum absolute atomic E-state index is 12.6. The maximum atomic E-state index is 12.6. The number of imidazole rings is 1. The zero-order valence-corrected chi connectivity index (χ0v) is 19.7. The number of alkyl halides is 3. The van der Waals surface area contributed by atoms with Crippen molar-refractivity contribution in [3.8, 4) is 22.8 Å². The summed E-state index contributed by atoms with van der Waals surface area (Å²) in [4.78, 5) is 7.73. The van der Waals surface area contributed by atoms with Crippen LogP contribution in [0.1, 0.15) is 39.1 Å². The first-order chi connectivity index (χ1) is 15.0. The quantitative estimate of drug-likeness (QED) is 0.289. The van der Waals surface area contributed by atoms with E-state index in [0.717, 1.165) is 17.0 Å². The van der Waals surface area contributed by atoms with Gasteiger partial charge < -0.3 is 14.1 Å². The first kappa shape index (κ1) is 25.6. The molecule has 0 saturated heterocycles. The molecule has 172 valence electrons. The summed E-state index contributed by atoms with van der Waals surface area (Å²) in [5, 5.41) is 0.493. The van der Waals surface area contributed by atoms with Crippen molar-refractivity contribution < 1.29 is 22.3 Å². The largest absolute Gasteiger partial charge is 0.573 e. The van der Waals surface area contributed by atoms with Gasteiger partial charge in [-0.25, -0.2) is 4.98 Å². The van der Waals surface area contributed by atoms with Gasteiger partial charge in [0.25, 0.3) is 0 Å². The Morgan fingerprint density at radius 2 is 1.72 bits per heavy atom. The predicted molar refractivity (Wildman–Crippen MR) is 122 cm³/mol. The van der Waals surface area contributed by atoms with Crippen molar-refractivity contribution in [3.63, 3.8) is 0 Å². The molecule has 0 radical (unpaired) electrons. The lowest BCUT2D eigenvalue weighted by Gasteiger charge is -2.11. The van der Waals surface area contributed by atoms with Gasteiger partial charge in [-0.1, -0.05) is 49.2 Å². The molecule has 32 heavy (non-hydrogen) atoms. The molecule has 0 spiro atoms. The van der Waals surface area contributed by atoms with Crippen LogP contribution in [0.2, 0.25) is 5.02 Å². The van der Waals surface area contributed by atoms with E-state index >= 15 is 0 Å². The highest BCUT2D eigenvalue weighted by atomic mass is 35.5. The van der Waals surface area contributed by atoms with Crippen molar-refractivity contribution in [1.29, 1.82) is 0 Å². The minimum absolute atomic E-state index is 0.132. The van der Waals surface area contributed by atoms with Crippen LogP contribution in [0.4, 0.5) is 13.2 Å². The number of aromatic amines is 1. The summed E-state index contributed by atoms with van der Waals surface area (Å²) < 4.78 is 47.4. The van der Waals surface area contributed by atoms with Crippen LogP contribution in [0.3, 0.4) is 0 Å². The van der Waals surface area contributed by atoms with E-state index < -0.39 is 12.1 Å². The SMILES string of the molecule is C/C(Cl)=C(\C=C(/C)c1ccc(-c2nc(-c3ccc(Cl)cc3)c(C)[nH]2)o1)OC(F)(F)F.CC. The molecule has 0 amide bonds. The number of aryl methyl sites for hydroxylation is 1. The number of H-pyrrole nitrogens is 1. The minimum atomic E-state index is -4.85. The fourth-order valence-electron chi connectivity index (χ4n) is 2.73. The standard InChI is InChI=1S/C21H17Cl2F3N2O2.C2H6/c1-11(10-18(12(2)22)30-21(24,25)26)16-8-9-17(29-16)20-27-13(3)19(28-20)14-4-6-15(23)7-5-14;1-2/h4-10H,1-3H3,(H,27,28);1-2H3/b11-10+,18-12-;. The molecule has 3 aromatic rings. The Bertz CT molecular complexity index is 1110. The number of nitrogens with zero attached hydrogens (tertiary/aromatic N) is 1. The van der Waals surface area contributed by atoms with Crippen molar-refractivity contribution in [2.75, 3.05) is 0 Å². The molecular weight excluding hydrogens is 464 g/mol. The molecule has 2 heterocycles. The third kappa shape index (κ3) is 6.68. The lowest BCUT2D eigenvalue weighted by Crippen LogP contribution is -2.12. The molecular formula is C23H23Cl2F3N2O2. The first-order valence-corrected chi connectivity index (χ1v) is 10.5. The number of benzene rings is 1. The summed E-state index contributed by atoms with van der Waals surface area (Å²) in [7, 11) is 0. The summed E-state index contributed by atoms with van der Waals surface area (Å²) in [6.07, 6.45) is -3.68. The van der Waals surface area contributed by atoms with E-state index in [1.165, 1.54) is 13.0 Å². The van der Waals surface area contributed by atoms with Crippen LogP contribution in [-0.4, -0.2) is 16.3 Å². The number of ether oxygens (including phenoxy) is 1. The highest BCUT2D eigenvalue weighted by molar-refractivity contribution is 6.30. The molecule has 3 rings (SSSR count). The number of hydrogen-bond acceptors (Lipinski definition) is 3. The van der Waals surface area contributed by atoms with E-state index in [9.17, 15) is 13.2 Å². The molecule has 0 fully saturated rings. The van der Waals surface area contributed by atoms with E-state index in [0.29, 0.717) is 27.9 Å². The van der Waals surface area contributed by atoms with Crippen molar-refractivity contribution in [3.05, 3.63) is 69.7 Å². The van der Waals surface area contributed by atoms with Crippen LogP contribution < -0.4 is 0 Å². The molecule has 2 aromatic heterocycles. The average Bonchev–Trinajstić information content (AvgIpc) is 3.36. The molecule has 1 aromatic carbocycles. The normalized spacial score (nSPS) is 12.8. The molecule has 0 aliphatic heterocycles. The number of nitrogens with one attached hydrogen (secondary N) is 1. The first-order valence-electron chi connectivity index (χ1n) is 9.77. The number of rotatable bonds is 5. The van der Waals surface area contributed by atoms with Crippen molar-refractivity contribution in [1.82, 2.24) is 9.97 Å². The number of furan rings is 1. The number of hydrogen-bond donors (Lipinski definition) is 1. The van der Waals surface area contributed by atoms with Crippen molar-refractivity contribution >= 4 is 28.8 Å². The van der Waals surface area contributed by atoms with Crippen LogP contribution in [0, 0.1) is 6.92 Å². The molecule has 9 heteroatoms. The van der Waals surface area contributed by atoms with Crippen molar-refractivity contribution in [2.24, 2.45) is 0 Å². The lowest BCUT2D eigenvalue weighted by atomic mass is 10.1. The Hall–Kier alpha value is -2.64. The fourth-order valence-corrected chi connectivity index (χ4v) is 2.95. The van der Waals surface area contributed by atoms with Crippen LogP contribution in [0.15, 0.2) is 57.7 Å². The molecule has 0 bridgehead atoms. The van der Waals surface area contributed by atoms with Crippen molar-refractivity contribution in [2.45, 2.75) is 41.0 Å². The summed E-state index contributed by atoms with van der Waals surface area (Å²) >= 11 is 11.7. The van der Waals surface area contributed by atoms with E-state index in [2.05, 4.69) is 14.7 Å². The molecule has 0 atom stereocenters. The smallest absolute Gasteiger partial charge is 0.453 e. The predicted octanol–water partition coefficient (Wildman–Crippen LogP) is 8.73. The van der Waals surface area contributed by atoms with Gasteiger partial charge in [0.15, 0.2) is 11.6 Å². The molecule has 0 saturated carbocycles. The highest BCUT2D eigenvalue weighted by Crippen LogP contribution is 2.31. The van der Waals surface area contributed by atoms with Gasteiger partial charge >= 0.3 is 6.36 Å². The summed E-state index contributed by atoms with van der Waals surface area (Å²) in [6.45, 7) is 8.78. The molecule has 1 N–H and O–H groups in total. The number of halogens is 5. The van der Waals surface area contributed by atoms with E-state index in [1.807, 2.05) is 32.9 Å². The van der Waals surface area contributed by atoms with E-state index in [-0.39, 0.29) is 5.03 Å². The van der Waals surface area contributed by atoms with Gasteiger partial charge in [-0.3, -0.25) is 0 Å². The van der Waals surface area contributed by atoms with Crippen LogP contribution >= 0.6 is 23.2 Å². The lowest BCUT2D eigenvalue weighted by molar-refractivity contribution is -0.303. The van der Waals surface area contributed by atoms with Gasteiger partial charge in [-0.2, -0.15) is 0 Å². The Kier molecular flexibility index (Phi) is 8.64. The third-order valence-corrected chi connectivity index (χ3v) is 4.58. The zero-order chi connectivity index (χ0) is 24.1. The second kappa shape index (κ2) is 10.8. The van der Waals surface area contributed by atoms with Gasteiger partial charge in [0.1, 0.15) is 11.5 Å². The number of allylic oxidation sites excluding steroid dienone is 3. The highest BCUT2D eigenvalue weighted by Gasteiger charge is 2.32. The average molecular weight is 487 g/mol. The second-order valence-electron chi connectivity index (χ2n) is 6.50. The third-order valence-electron chi connectivity index (χ3n) is 4.14. The van der Waals surface area contributed by atoms with Gasteiger partial charge in [-0.05, 0) is 56.7 Å². The van der Waals surface area contributed by atoms with E-state index in [4.69, 9.17) is 27.6 Å². The Morgan fingerprint density at radius 3 is 2.28 bits per heavy atom. The Balaban J connectivity index is 0.00000176. The summed E-state index contributed by atoms with van der Waals surface area (Å²) in [5.74, 6) is 0.782. The second-order valence-corrected chi connectivity index (χ2v) is 7.51. The Labute approximate surface area is 194 Å². The van der Waals surface area contributed by atoms with Gasteiger partial charge in [0.2, 0.25) is 0 Å². The molecule has 0 aliphatic rings. The summed E-state index contributed by atoms with van der Waals surface area (Å²) in [6, 6.07) is 10.6. The molecule has 4 nitrogen and oxygen atoms in total. The number of aromatic nitrogens is 2. The maximum Gasteiger partial charge on any atom is 0.573 e. The minimum Gasteiger partial charge on any atom is -0.453 e. The zero-order valence-electron chi connectivity index (χ0n) is 18.2. The Morgan fingerprint density at radius 1 is 1.09 bits per heavy atom. The van der Waals surface area contributed by atoms with E-state index in [1.54, 1.807) is 31.2 Å². The van der Waals surface area contributed by atoms with Gasteiger partial charge in [0, 0.05) is 16.3 Å². The van der Waals surface area contributed by atoms with Crippen LogP contribution in [-0.2, 0) is 4.74 Å². The molecule has 0 unspecified atom stereocenters. The van der Waals surface area contributed by atoms with Crippen LogP contribution in [0.5, 0.6) is 0 Å². The molecule has 0 aliphatic carbocycles. The summed E-state index contributed by atoms with van der Waals surface area (Å²) in [5.41, 5.74) is 2.87. The van der Waals surface area contributed by atoms with Gasteiger partial charge in [-0.15, -0.1) is 13.2 Å². The topological polar surface area (TPSA) is 51.0 Å². The monoisotopic (exact) mass is 486 g/mol. The van der Waals surface area contributed by atoms with Crippen LogP contribution in [0.25, 0.3) is 28.4 Å².